The molecule has 1 fully saturated rings. The van der Waals surface area contributed by atoms with Crippen molar-refractivity contribution in [2.45, 2.75) is 33.1 Å². The molecular formula is C22H28N6. The van der Waals surface area contributed by atoms with Gasteiger partial charge in [0.2, 0.25) is 11.9 Å². The molecule has 146 valence electrons. The molecule has 28 heavy (non-hydrogen) atoms. The molecule has 1 aromatic heterocycles. The van der Waals surface area contributed by atoms with Crippen LogP contribution in [-0.2, 0) is 6.42 Å². The molecule has 6 heteroatoms. The normalized spacial score (nSPS) is 16.9. The summed E-state index contributed by atoms with van der Waals surface area (Å²) in [6, 6.07) is 13.3. The maximum atomic E-state index is 5.59. The predicted octanol–water partition coefficient (Wildman–Crippen LogP) is 3.96. The molecule has 0 spiro atoms. The number of aromatic amines is 1. The van der Waals surface area contributed by atoms with Gasteiger partial charge in [0.05, 0.1) is 0 Å². The third kappa shape index (κ3) is 4.17. The standard InChI is InChI=1S/C22H28N6/c1-14-10-19(25-22-26-21(23)27-28-22)11-15(2)20(14)18-7-5-16(6-8-18)12-17-4-3-9-24-13-17/h5-8,10-11,17,24H,3-4,9,12-13H2,1-2H3,(H4,23,25,26,27,28). The fourth-order valence-electron chi connectivity index (χ4n) is 4.19. The first-order valence-corrected chi connectivity index (χ1v) is 9.94. The highest BCUT2D eigenvalue weighted by atomic mass is 15.3. The average Bonchev–Trinajstić information content (AvgIpc) is 3.08. The van der Waals surface area contributed by atoms with E-state index in [2.05, 4.69) is 76.1 Å². The summed E-state index contributed by atoms with van der Waals surface area (Å²) < 4.78 is 0. The molecule has 1 aliphatic heterocycles. The largest absolute Gasteiger partial charge is 0.368 e. The van der Waals surface area contributed by atoms with Gasteiger partial charge in [0, 0.05) is 5.69 Å². The van der Waals surface area contributed by atoms with E-state index in [1.165, 1.54) is 47.2 Å². The lowest BCUT2D eigenvalue weighted by Crippen LogP contribution is -2.30. The molecule has 0 bridgehead atoms. The molecule has 1 saturated heterocycles. The van der Waals surface area contributed by atoms with E-state index in [-0.39, 0.29) is 0 Å². The van der Waals surface area contributed by atoms with Gasteiger partial charge in [-0.25, -0.2) is 5.10 Å². The molecule has 0 aliphatic carbocycles. The van der Waals surface area contributed by atoms with Crippen LogP contribution in [0.5, 0.6) is 0 Å². The Balaban J connectivity index is 1.51. The Labute approximate surface area is 166 Å². The number of hydrogen-bond acceptors (Lipinski definition) is 5. The van der Waals surface area contributed by atoms with Crippen LogP contribution in [-0.4, -0.2) is 28.3 Å². The van der Waals surface area contributed by atoms with Gasteiger partial charge >= 0.3 is 0 Å². The molecule has 3 aromatic rings. The molecular weight excluding hydrogens is 348 g/mol. The smallest absolute Gasteiger partial charge is 0.248 e. The fourth-order valence-corrected chi connectivity index (χ4v) is 4.19. The summed E-state index contributed by atoms with van der Waals surface area (Å²) >= 11 is 0. The third-order valence-electron chi connectivity index (χ3n) is 5.46. The van der Waals surface area contributed by atoms with Gasteiger partial charge in [-0.15, -0.1) is 5.10 Å². The third-order valence-corrected chi connectivity index (χ3v) is 5.46. The number of hydrogen-bond donors (Lipinski definition) is 4. The number of anilines is 3. The summed E-state index contributed by atoms with van der Waals surface area (Å²) in [5, 5.41) is 13.4. The number of nitrogens with one attached hydrogen (secondary N) is 3. The number of aryl methyl sites for hydroxylation is 2. The summed E-state index contributed by atoms with van der Waals surface area (Å²) in [7, 11) is 0. The van der Waals surface area contributed by atoms with Gasteiger partial charge in [-0.3, -0.25) is 0 Å². The zero-order valence-electron chi connectivity index (χ0n) is 16.5. The van der Waals surface area contributed by atoms with Crippen LogP contribution in [0.3, 0.4) is 0 Å². The van der Waals surface area contributed by atoms with E-state index in [0.29, 0.717) is 11.9 Å². The number of nitrogen functional groups attached to an aromatic ring is 1. The van der Waals surface area contributed by atoms with Crippen LogP contribution in [0.1, 0.15) is 29.5 Å². The van der Waals surface area contributed by atoms with Crippen molar-refractivity contribution in [1.29, 1.82) is 0 Å². The molecule has 0 radical (unpaired) electrons. The molecule has 0 amide bonds. The van der Waals surface area contributed by atoms with Gasteiger partial charge < -0.3 is 16.4 Å². The van der Waals surface area contributed by atoms with E-state index in [9.17, 15) is 0 Å². The number of piperidine rings is 1. The van der Waals surface area contributed by atoms with Crippen LogP contribution in [0.25, 0.3) is 11.1 Å². The molecule has 6 nitrogen and oxygen atoms in total. The Bertz CT molecular complexity index is 915. The lowest BCUT2D eigenvalue weighted by molar-refractivity contribution is 0.376. The summed E-state index contributed by atoms with van der Waals surface area (Å²) in [6.07, 6.45) is 3.79. The monoisotopic (exact) mass is 376 g/mol. The van der Waals surface area contributed by atoms with E-state index >= 15 is 0 Å². The van der Waals surface area contributed by atoms with Gasteiger partial charge in [0.25, 0.3) is 0 Å². The number of rotatable bonds is 5. The first-order valence-electron chi connectivity index (χ1n) is 9.94. The minimum atomic E-state index is 0.302. The quantitative estimate of drug-likeness (QED) is 0.541. The first-order chi connectivity index (χ1) is 13.6. The van der Waals surface area contributed by atoms with E-state index in [1.54, 1.807) is 0 Å². The maximum absolute atomic E-state index is 5.59. The zero-order chi connectivity index (χ0) is 19.5. The Hall–Kier alpha value is -2.86. The molecule has 0 saturated carbocycles. The highest BCUT2D eigenvalue weighted by Crippen LogP contribution is 2.31. The topological polar surface area (TPSA) is 91.7 Å². The lowest BCUT2D eigenvalue weighted by Gasteiger charge is -2.22. The number of nitrogens with two attached hydrogens (primary N) is 1. The Morgan fingerprint density at radius 2 is 1.89 bits per heavy atom. The number of aromatic nitrogens is 3. The van der Waals surface area contributed by atoms with Gasteiger partial charge in [0.1, 0.15) is 0 Å². The summed E-state index contributed by atoms with van der Waals surface area (Å²) in [5.74, 6) is 1.54. The predicted molar refractivity (Wildman–Crippen MR) is 115 cm³/mol. The lowest BCUT2D eigenvalue weighted by atomic mass is 9.90. The summed E-state index contributed by atoms with van der Waals surface area (Å²) in [6.45, 7) is 6.59. The van der Waals surface area contributed by atoms with Gasteiger partial charge in [-0.05, 0) is 92.1 Å². The van der Waals surface area contributed by atoms with E-state index in [0.717, 1.165) is 24.6 Å². The molecule has 1 atom stereocenters. The summed E-state index contributed by atoms with van der Waals surface area (Å²) in [4.78, 5) is 4.10. The van der Waals surface area contributed by atoms with Crippen molar-refractivity contribution in [2.75, 3.05) is 24.1 Å². The SMILES string of the molecule is Cc1cc(Nc2n[nH]c(N)n2)cc(C)c1-c1ccc(CC2CCCNC2)cc1. The highest BCUT2D eigenvalue weighted by Gasteiger charge is 2.14. The first kappa shape index (κ1) is 18.5. The fraction of sp³-hybridized carbons (Fsp3) is 0.364. The van der Waals surface area contributed by atoms with Crippen LogP contribution in [0.15, 0.2) is 36.4 Å². The molecule has 1 aliphatic rings. The second-order valence-corrected chi connectivity index (χ2v) is 7.77. The van der Waals surface area contributed by atoms with E-state index in [4.69, 9.17) is 5.73 Å². The van der Waals surface area contributed by atoms with Crippen LogP contribution in [0, 0.1) is 19.8 Å². The van der Waals surface area contributed by atoms with Crippen molar-refractivity contribution in [3.8, 4) is 11.1 Å². The second kappa shape index (κ2) is 8.02. The van der Waals surface area contributed by atoms with Crippen LogP contribution in [0.4, 0.5) is 17.6 Å². The van der Waals surface area contributed by atoms with Crippen molar-refractivity contribution in [1.82, 2.24) is 20.5 Å². The number of H-pyrrole nitrogens is 1. The van der Waals surface area contributed by atoms with Crippen molar-refractivity contribution < 1.29 is 0 Å². The van der Waals surface area contributed by atoms with Crippen molar-refractivity contribution in [3.63, 3.8) is 0 Å². The van der Waals surface area contributed by atoms with E-state index in [1.807, 2.05) is 0 Å². The maximum Gasteiger partial charge on any atom is 0.248 e. The average molecular weight is 377 g/mol. The van der Waals surface area contributed by atoms with Gasteiger partial charge in [0.15, 0.2) is 0 Å². The zero-order valence-corrected chi connectivity index (χ0v) is 16.5. The molecule has 5 N–H and O–H groups in total. The second-order valence-electron chi connectivity index (χ2n) is 7.77. The van der Waals surface area contributed by atoms with Gasteiger partial charge in [-0.1, -0.05) is 24.3 Å². The van der Waals surface area contributed by atoms with Crippen LogP contribution >= 0.6 is 0 Å². The minimum absolute atomic E-state index is 0.302. The van der Waals surface area contributed by atoms with Crippen LogP contribution < -0.4 is 16.4 Å². The van der Waals surface area contributed by atoms with Crippen molar-refractivity contribution >= 4 is 17.6 Å². The van der Waals surface area contributed by atoms with Crippen molar-refractivity contribution in [2.24, 2.45) is 5.92 Å². The number of nitrogens with zero attached hydrogens (tertiary/aromatic N) is 2. The Morgan fingerprint density at radius 1 is 1.14 bits per heavy atom. The Morgan fingerprint density at radius 3 is 2.50 bits per heavy atom. The molecule has 4 rings (SSSR count). The molecule has 1 unspecified atom stereocenters. The van der Waals surface area contributed by atoms with Crippen molar-refractivity contribution in [3.05, 3.63) is 53.1 Å². The summed E-state index contributed by atoms with van der Waals surface area (Å²) in [5.41, 5.74) is 12.9. The minimum Gasteiger partial charge on any atom is -0.368 e. The number of benzene rings is 2. The van der Waals surface area contributed by atoms with Crippen LogP contribution in [0.2, 0.25) is 0 Å². The Kier molecular flexibility index (Phi) is 5.30. The van der Waals surface area contributed by atoms with E-state index < -0.39 is 0 Å². The highest BCUT2D eigenvalue weighted by molar-refractivity contribution is 5.75. The van der Waals surface area contributed by atoms with Gasteiger partial charge in [-0.2, -0.15) is 4.98 Å². The molecule has 2 aromatic carbocycles. The molecule has 2 heterocycles.